The standard InChI is InChI=1S/C11H16N2O3/c1-7-3-2-4-9(10(7)12)11(16)13-5-8(15)6-14/h2-4,8,14-15H,5-6,12H2,1H3,(H,13,16). The van der Waals surface area contributed by atoms with E-state index in [0.717, 1.165) is 5.56 Å². The summed E-state index contributed by atoms with van der Waals surface area (Å²) >= 11 is 0. The average molecular weight is 224 g/mol. The predicted octanol–water partition coefficient (Wildman–Crippen LogP) is -0.340. The number of anilines is 1. The number of amides is 1. The van der Waals surface area contributed by atoms with Gasteiger partial charge in [0.1, 0.15) is 0 Å². The van der Waals surface area contributed by atoms with E-state index in [1.54, 1.807) is 12.1 Å². The fourth-order valence-electron chi connectivity index (χ4n) is 1.25. The van der Waals surface area contributed by atoms with Crippen LogP contribution >= 0.6 is 0 Å². The van der Waals surface area contributed by atoms with Crippen LogP contribution in [0, 0.1) is 6.92 Å². The van der Waals surface area contributed by atoms with Gasteiger partial charge in [-0.2, -0.15) is 0 Å². The van der Waals surface area contributed by atoms with E-state index in [4.69, 9.17) is 15.9 Å². The number of nitrogen functional groups attached to an aromatic ring is 1. The smallest absolute Gasteiger partial charge is 0.253 e. The molecule has 0 aliphatic carbocycles. The molecule has 0 saturated carbocycles. The van der Waals surface area contributed by atoms with Gasteiger partial charge in [-0.1, -0.05) is 12.1 Å². The molecule has 1 rings (SSSR count). The molecular weight excluding hydrogens is 208 g/mol. The van der Waals surface area contributed by atoms with Crippen LogP contribution in [0.25, 0.3) is 0 Å². The Morgan fingerprint density at radius 1 is 1.56 bits per heavy atom. The van der Waals surface area contributed by atoms with Gasteiger partial charge < -0.3 is 21.3 Å². The van der Waals surface area contributed by atoms with E-state index in [0.29, 0.717) is 11.3 Å². The Labute approximate surface area is 93.9 Å². The molecule has 0 radical (unpaired) electrons. The summed E-state index contributed by atoms with van der Waals surface area (Å²) in [6, 6.07) is 5.17. The minimum absolute atomic E-state index is 0.00269. The molecule has 5 N–H and O–H groups in total. The van der Waals surface area contributed by atoms with Crippen LogP contribution in [-0.4, -0.2) is 35.4 Å². The van der Waals surface area contributed by atoms with Gasteiger partial charge in [-0.05, 0) is 18.6 Å². The fourth-order valence-corrected chi connectivity index (χ4v) is 1.25. The number of nitrogens with one attached hydrogen (secondary N) is 1. The SMILES string of the molecule is Cc1cccc(C(=O)NCC(O)CO)c1N. The molecule has 0 bridgehead atoms. The Morgan fingerprint density at radius 3 is 2.88 bits per heavy atom. The molecular formula is C11H16N2O3. The van der Waals surface area contributed by atoms with Crippen molar-refractivity contribution in [3.8, 4) is 0 Å². The third-order valence-corrected chi connectivity index (χ3v) is 2.28. The van der Waals surface area contributed by atoms with Gasteiger partial charge in [0.15, 0.2) is 0 Å². The zero-order chi connectivity index (χ0) is 12.1. The second-order valence-corrected chi connectivity index (χ2v) is 3.58. The molecule has 0 saturated heterocycles. The largest absolute Gasteiger partial charge is 0.398 e. The first kappa shape index (κ1) is 12.5. The van der Waals surface area contributed by atoms with E-state index in [1.807, 2.05) is 13.0 Å². The number of carbonyl (C=O) groups excluding carboxylic acids is 1. The number of aryl methyl sites for hydroxylation is 1. The van der Waals surface area contributed by atoms with Crippen molar-refractivity contribution < 1.29 is 15.0 Å². The molecule has 88 valence electrons. The third kappa shape index (κ3) is 2.95. The fraction of sp³-hybridized carbons (Fsp3) is 0.364. The number of para-hydroxylation sites is 1. The molecule has 0 aliphatic heterocycles. The minimum Gasteiger partial charge on any atom is -0.398 e. The van der Waals surface area contributed by atoms with E-state index in [-0.39, 0.29) is 19.1 Å². The molecule has 1 aromatic carbocycles. The highest BCUT2D eigenvalue weighted by Crippen LogP contribution is 2.15. The second kappa shape index (κ2) is 5.48. The molecule has 1 aromatic rings. The quantitative estimate of drug-likeness (QED) is 0.526. The van der Waals surface area contributed by atoms with Crippen molar-refractivity contribution in [2.24, 2.45) is 0 Å². The lowest BCUT2D eigenvalue weighted by atomic mass is 10.1. The number of carbonyl (C=O) groups is 1. The van der Waals surface area contributed by atoms with Crippen molar-refractivity contribution in [2.45, 2.75) is 13.0 Å². The third-order valence-electron chi connectivity index (χ3n) is 2.28. The summed E-state index contributed by atoms with van der Waals surface area (Å²) in [4.78, 5) is 11.7. The summed E-state index contributed by atoms with van der Waals surface area (Å²) in [5.41, 5.74) is 7.39. The van der Waals surface area contributed by atoms with Gasteiger partial charge in [-0.15, -0.1) is 0 Å². The zero-order valence-corrected chi connectivity index (χ0v) is 9.10. The lowest BCUT2D eigenvalue weighted by Gasteiger charge is -2.11. The summed E-state index contributed by atoms with van der Waals surface area (Å²) in [7, 11) is 0. The normalized spacial score (nSPS) is 12.2. The van der Waals surface area contributed by atoms with E-state index < -0.39 is 6.10 Å². The Bertz CT molecular complexity index is 379. The highest BCUT2D eigenvalue weighted by atomic mass is 16.3. The lowest BCUT2D eigenvalue weighted by Crippen LogP contribution is -2.34. The second-order valence-electron chi connectivity index (χ2n) is 3.58. The van der Waals surface area contributed by atoms with Crippen molar-refractivity contribution >= 4 is 11.6 Å². The summed E-state index contributed by atoms with van der Waals surface area (Å²) in [6.07, 6.45) is -0.949. The van der Waals surface area contributed by atoms with Crippen LogP contribution in [0.5, 0.6) is 0 Å². The van der Waals surface area contributed by atoms with Crippen LogP contribution < -0.4 is 11.1 Å². The first-order valence-corrected chi connectivity index (χ1v) is 4.98. The lowest BCUT2D eigenvalue weighted by molar-refractivity contribution is 0.0802. The Kier molecular flexibility index (Phi) is 4.28. The van der Waals surface area contributed by atoms with Crippen molar-refractivity contribution in [3.05, 3.63) is 29.3 Å². The van der Waals surface area contributed by atoms with Crippen LogP contribution in [0.4, 0.5) is 5.69 Å². The topological polar surface area (TPSA) is 95.6 Å². The summed E-state index contributed by atoms with van der Waals surface area (Å²) in [5.74, 6) is -0.353. The average Bonchev–Trinajstić information content (AvgIpc) is 2.29. The highest BCUT2D eigenvalue weighted by Gasteiger charge is 2.11. The molecule has 5 nitrogen and oxygen atoms in total. The van der Waals surface area contributed by atoms with Crippen LogP contribution in [0.2, 0.25) is 0 Å². The summed E-state index contributed by atoms with van der Waals surface area (Å²) in [6.45, 7) is 1.43. The molecule has 0 fully saturated rings. The molecule has 16 heavy (non-hydrogen) atoms. The molecule has 1 atom stereocenters. The number of rotatable bonds is 4. The van der Waals surface area contributed by atoms with Crippen molar-refractivity contribution in [2.75, 3.05) is 18.9 Å². The molecule has 0 aromatic heterocycles. The first-order chi connectivity index (χ1) is 7.56. The Hall–Kier alpha value is -1.59. The van der Waals surface area contributed by atoms with E-state index in [1.165, 1.54) is 0 Å². The molecule has 5 heteroatoms. The molecule has 1 unspecified atom stereocenters. The molecule has 1 amide bonds. The van der Waals surface area contributed by atoms with Gasteiger partial charge in [0.2, 0.25) is 0 Å². The van der Waals surface area contributed by atoms with Gasteiger partial charge in [0.25, 0.3) is 5.91 Å². The van der Waals surface area contributed by atoms with E-state index in [2.05, 4.69) is 5.32 Å². The number of hydrogen-bond acceptors (Lipinski definition) is 4. The number of benzene rings is 1. The molecule has 0 heterocycles. The summed E-state index contributed by atoms with van der Waals surface area (Å²) in [5, 5.41) is 20.2. The van der Waals surface area contributed by atoms with Crippen molar-refractivity contribution in [1.82, 2.24) is 5.32 Å². The first-order valence-electron chi connectivity index (χ1n) is 4.98. The number of aliphatic hydroxyl groups is 2. The predicted molar refractivity (Wildman–Crippen MR) is 61.0 cm³/mol. The number of hydrogen-bond donors (Lipinski definition) is 4. The number of aliphatic hydroxyl groups excluding tert-OH is 2. The van der Waals surface area contributed by atoms with Gasteiger partial charge in [0, 0.05) is 12.2 Å². The highest BCUT2D eigenvalue weighted by molar-refractivity contribution is 5.99. The van der Waals surface area contributed by atoms with Crippen molar-refractivity contribution in [1.29, 1.82) is 0 Å². The van der Waals surface area contributed by atoms with Gasteiger partial charge >= 0.3 is 0 Å². The van der Waals surface area contributed by atoms with Crippen LogP contribution in [0.1, 0.15) is 15.9 Å². The maximum Gasteiger partial charge on any atom is 0.253 e. The van der Waals surface area contributed by atoms with E-state index >= 15 is 0 Å². The minimum atomic E-state index is -0.949. The Morgan fingerprint density at radius 2 is 2.25 bits per heavy atom. The van der Waals surface area contributed by atoms with E-state index in [9.17, 15) is 4.79 Å². The van der Waals surface area contributed by atoms with Gasteiger partial charge in [-0.25, -0.2) is 0 Å². The Balaban J connectivity index is 2.70. The zero-order valence-electron chi connectivity index (χ0n) is 9.10. The maximum atomic E-state index is 11.7. The maximum absolute atomic E-state index is 11.7. The van der Waals surface area contributed by atoms with Crippen molar-refractivity contribution in [3.63, 3.8) is 0 Å². The molecule has 0 spiro atoms. The molecule has 0 aliphatic rings. The van der Waals surface area contributed by atoms with Gasteiger partial charge in [0.05, 0.1) is 18.3 Å². The number of nitrogens with two attached hydrogens (primary N) is 1. The van der Waals surface area contributed by atoms with Crippen LogP contribution in [-0.2, 0) is 0 Å². The monoisotopic (exact) mass is 224 g/mol. The van der Waals surface area contributed by atoms with Crippen LogP contribution in [0.15, 0.2) is 18.2 Å². The van der Waals surface area contributed by atoms with Gasteiger partial charge in [-0.3, -0.25) is 4.79 Å². The van der Waals surface area contributed by atoms with Crippen LogP contribution in [0.3, 0.4) is 0 Å². The summed E-state index contributed by atoms with van der Waals surface area (Å²) < 4.78 is 0.